The molecule has 9 heteroatoms. The van der Waals surface area contributed by atoms with Crippen LogP contribution in [0.2, 0.25) is 0 Å². The number of nitrogens with zero attached hydrogens (tertiary/aromatic N) is 6. The minimum Gasteiger partial charge on any atom is -0.355 e. The SMILES string of the molecule is Fc1cccc(-c2noc(C3CCCN(c4ncnc5[nH]ncc45)C3)n2)c1. The Bertz CT molecular complexity index is 1090. The summed E-state index contributed by atoms with van der Waals surface area (Å²) in [5.41, 5.74) is 1.32. The first-order valence-electron chi connectivity index (χ1n) is 8.76. The Labute approximate surface area is 153 Å². The van der Waals surface area contributed by atoms with Crippen molar-refractivity contribution >= 4 is 16.9 Å². The molecular weight excluding hydrogens is 349 g/mol. The molecule has 0 saturated carbocycles. The number of fused-ring (bicyclic) bond motifs is 1. The van der Waals surface area contributed by atoms with Crippen LogP contribution < -0.4 is 4.90 Å². The van der Waals surface area contributed by atoms with Crippen molar-refractivity contribution in [1.82, 2.24) is 30.3 Å². The number of anilines is 1. The van der Waals surface area contributed by atoms with E-state index in [1.54, 1.807) is 18.3 Å². The molecule has 1 aromatic carbocycles. The van der Waals surface area contributed by atoms with Crippen LogP contribution in [0.15, 0.2) is 41.3 Å². The van der Waals surface area contributed by atoms with Crippen molar-refractivity contribution in [1.29, 1.82) is 0 Å². The maximum absolute atomic E-state index is 13.4. The first-order chi connectivity index (χ1) is 13.3. The molecule has 1 N–H and O–H groups in total. The minimum atomic E-state index is -0.324. The van der Waals surface area contributed by atoms with E-state index in [9.17, 15) is 4.39 Å². The zero-order chi connectivity index (χ0) is 18.2. The molecule has 3 aromatic heterocycles. The van der Waals surface area contributed by atoms with Crippen molar-refractivity contribution in [3.05, 3.63) is 48.5 Å². The summed E-state index contributed by atoms with van der Waals surface area (Å²) in [6.07, 6.45) is 5.20. The second kappa shape index (κ2) is 6.42. The predicted molar refractivity (Wildman–Crippen MR) is 95.6 cm³/mol. The number of halogens is 1. The van der Waals surface area contributed by atoms with Crippen LogP contribution in [0.1, 0.15) is 24.7 Å². The summed E-state index contributed by atoms with van der Waals surface area (Å²) >= 11 is 0. The number of piperidine rings is 1. The van der Waals surface area contributed by atoms with E-state index in [2.05, 4.69) is 35.2 Å². The summed E-state index contributed by atoms with van der Waals surface area (Å²) in [5, 5.41) is 11.8. The Balaban J connectivity index is 1.41. The van der Waals surface area contributed by atoms with Gasteiger partial charge in [0.2, 0.25) is 11.7 Å². The molecule has 136 valence electrons. The number of aromatic amines is 1. The van der Waals surface area contributed by atoms with Gasteiger partial charge in [0.15, 0.2) is 5.65 Å². The number of nitrogens with one attached hydrogen (secondary N) is 1. The Kier molecular flexibility index (Phi) is 3.77. The molecule has 8 nitrogen and oxygen atoms in total. The average Bonchev–Trinajstić information content (AvgIpc) is 3.37. The van der Waals surface area contributed by atoms with Crippen LogP contribution in [0.5, 0.6) is 0 Å². The molecule has 0 amide bonds. The molecule has 1 fully saturated rings. The monoisotopic (exact) mass is 365 g/mol. The lowest BCUT2D eigenvalue weighted by atomic mass is 9.98. The van der Waals surface area contributed by atoms with Crippen molar-refractivity contribution in [3.8, 4) is 11.4 Å². The molecule has 4 heterocycles. The largest absolute Gasteiger partial charge is 0.355 e. The van der Waals surface area contributed by atoms with Crippen LogP contribution >= 0.6 is 0 Å². The van der Waals surface area contributed by atoms with Gasteiger partial charge in [0.1, 0.15) is 18.0 Å². The molecule has 5 rings (SSSR count). The van der Waals surface area contributed by atoms with E-state index < -0.39 is 0 Å². The first-order valence-corrected chi connectivity index (χ1v) is 8.76. The van der Waals surface area contributed by atoms with E-state index in [0.29, 0.717) is 29.5 Å². The normalized spacial score (nSPS) is 17.5. The third-order valence-electron chi connectivity index (χ3n) is 4.82. The van der Waals surface area contributed by atoms with Crippen LogP contribution in [0.3, 0.4) is 0 Å². The molecule has 0 aliphatic carbocycles. The van der Waals surface area contributed by atoms with Gasteiger partial charge in [-0.15, -0.1) is 0 Å². The van der Waals surface area contributed by atoms with Gasteiger partial charge < -0.3 is 9.42 Å². The van der Waals surface area contributed by atoms with E-state index in [1.165, 1.54) is 18.5 Å². The van der Waals surface area contributed by atoms with Gasteiger partial charge in [-0.2, -0.15) is 10.1 Å². The highest BCUT2D eigenvalue weighted by atomic mass is 19.1. The molecule has 0 spiro atoms. The van der Waals surface area contributed by atoms with Gasteiger partial charge in [-0.25, -0.2) is 14.4 Å². The lowest BCUT2D eigenvalue weighted by molar-refractivity contribution is 0.333. The highest BCUT2D eigenvalue weighted by Gasteiger charge is 2.28. The van der Waals surface area contributed by atoms with E-state index in [4.69, 9.17) is 4.52 Å². The van der Waals surface area contributed by atoms with Gasteiger partial charge in [-0.05, 0) is 25.0 Å². The van der Waals surface area contributed by atoms with Gasteiger partial charge in [0, 0.05) is 18.7 Å². The molecule has 4 aromatic rings. The minimum absolute atomic E-state index is 0.0884. The number of hydrogen-bond donors (Lipinski definition) is 1. The smallest absolute Gasteiger partial charge is 0.231 e. The topological polar surface area (TPSA) is 96.6 Å². The lowest BCUT2D eigenvalue weighted by Crippen LogP contribution is -2.35. The van der Waals surface area contributed by atoms with E-state index in [-0.39, 0.29) is 11.7 Å². The first kappa shape index (κ1) is 15.9. The fourth-order valence-corrected chi connectivity index (χ4v) is 3.52. The Hall–Kier alpha value is -3.36. The Morgan fingerprint density at radius 1 is 1.26 bits per heavy atom. The summed E-state index contributed by atoms with van der Waals surface area (Å²) in [6.45, 7) is 1.60. The number of hydrogen-bond acceptors (Lipinski definition) is 7. The Morgan fingerprint density at radius 3 is 3.15 bits per heavy atom. The third kappa shape index (κ3) is 2.90. The Morgan fingerprint density at radius 2 is 2.22 bits per heavy atom. The van der Waals surface area contributed by atoms with Crippen LogP contribution in [0, 0.1) is 5.82 Å². The standard InChI is InChI=1S/C18H16FN7O/c19-13-5-1-3-11(7-13)15-23-18(27-25-15)12-4-2-6-26(9-12)17-14-8-22-24-16(14)20-10-21-17/h1,3,5,7-8,10,12H,2,4,6,9H2,(H,20,21,22,24). The molecule has 27 heavy (non-hydrogen) atoms. The quantitative estimate of drug-likeness (QED) is 0.596. The number of aromatic nitrogens is 6. The molecule has 1 unspecified atom stereocenters. The third-order valence-corrected chi connectivity index (χ3v) is 4.82. The predicted octanol–water partition coefficient (Wildman–Crippen LogP) is 2.93. The highest BCUT2D eigenvalue weighted by Crippen LogP contribution is 2.31. The summed E-state index contributed by atoms with van der Waals surface area (Å²) < 4.78 is 18.9. The molecule has 0 radical (unpaired) electrons. The molecule has 1 atom stereocenters. The van der Waals surface area contributed by atoms with E-state index in [1.807, 2.05) is 0 Å². The number of benzene rings is 1. The highest BCUT2D eigenvalue weighted by molar-refractivity contribution is 5.86. The summed E-state index contributed by atoms with van der Waals surface area (Å²) in [7, 11) is 0. The molecule has 0 bridgehead atoms. The second-order valence-corrected chi connectivity index (χ2v) is 6.58. The van der Waals surface area contributed by atoms with Crippen molar-refractivity contribution < 1.29 is 8.91 Å². The molecular formula is C18H16FN7O. The number of rotatable bonds is 3. The van der Waals surface area contributed by atoms with Gasteiger partial charge in [-0.3, -0.25) is 5.10 Å². The van der Waals surface area contributed by atoms with Crippen molar-refractivity contribution in [3.63, 3.8) is 0 Å². The zero-order valence-electron chi connectivity index (χ0n) is 14.3. The number of H-pyrrole nitrogens is 1. The fourth-order valence-electron chi connectivity index (χ4n) is 3.52. The van der Waals surface area contributed by atoms with Gasteiger partial charge in [0.25, 0.3) is 0 Å². The molecule has 1 aliphatic heterocycles. The maximum atomic E-state index is 13.4. The lowest BCUT2D eigenvalue weighted by Gasteiger charge is -2.32. The van der Waals surface area contributed by atoms with Crippen LogP contribution in [0.25, 0.3) is 22.4 Å². The van der Waals surface area contributed by atoms with E-state index >= 15 is 0 Å². The van der Waals surface area contributed by atoms with Gasteiger partial charge in [0.05, 0.1) is 17.5 Å². The van der Waals surface area contributed by atoms with Gasteiger partial charge >= 0.3 is 0 Å². The van der Waals surface area contributed by atoms with Crippen LogP contribution in [-0.4, -0.2) is 43.4 Å². The zero-order valence-corrected chi connectivity index (χ0v) is 14.3. The van der Waals surface area contributed by atoms with Crippen molar-refractivity contribution in [2.75, 3.05) is 18.0 Å². The van der Waals surface area contributed by atoms with Crippen molar-refractivity contribution in [2.24, 2.45) is 0 Å². The summed E-state index contributed by atoms with van der Waals surface area (Å²) in [6, 6.07) is 6.19. The average molecular weight is 365 g/mol. The van der Waals surface area contributed by atoms with Gasteiger partial charge in [-0.1, -0.05) is 17.3 Å². The van der Waals surface area contributed by atoms with Crippen molar-refractivity contribution in [2.45, 2.75) is 18.8 Å². The van der Waals surface area contributed by atoms with Crippen LogP contribution in [0.4, 0.5) is 10.2 Å². The maximum Gasteiger partial charge on any atom is 0.231 e. The molecule has 1 saturated heterocycles. The summed E-state index contributed by atoms with van der Waals surface area (Å²) in [4.78, 5) is 15.3. The summed E-state index contributed by atoms with van der Waals surface area (Å²) in [5.74, 6) is 1.58. The second-order valence-electron chi connectivity index (χ2n) is 6.58. The fraction of sp³-hybridized carbons (Fsp3) is 0.278. The van der Waals surface area contributed by atoms with E-state index in [0.717, 1.165) is 30.6 Å². The molecule has 1 aliphatic rings. The van der Waals surface area contributed by atoms with Crippen LogP contribution in [-0.2, 0) is 0 Å².